The molecule has 0 saturated heterocycles. The number of thioether (sulfide) groups is 1. The summed E-state index contributed by atoms with van der Waals surface area (Å²) in [5.74, 6) is 0. The molecule has 0 N–H and O–H groups in total. The molecule has 0 aliphatic rings. The molecule has 0 aromatic carbocycles. The van der Waals surface area contributed by atoms with Crippen LogP contribution in [0.2, 0.25) is 0 Å². The lowest BCUT2D eigenvalue weighted by molar-refractivity contribution is 0.899. The third kappa shape index (κ3) is 4.43. The molecule has 0 unspecified atom stereocenters. The Morgan fingerprint density at radius 2 is 2.11 bits per heavy atom. The summed E-state index contributed by atoms with van der Waals surface area (Å²) in [6.07, 6.45) is 0. The van der Waals surface area contributed by atoms with E-state index < -0.39 is 0 Å². The smallest absolute Gasteiger partial charge is 0.277 e. The van der Waals surface area contributed by atoms with Crippen molar-refractivity contribution in [3.8, 4) is 0 Å². The van der Waals surface area contributed by atoms with Gasteiger partial charge in [-0.15, -0.1) is 0 Å². The second-order valence-corrected chi connectivity index (χ2v) is 4.84. The summed E-state index contributed by atoms with van der Waals surface area (Å²) in [6.45, 7) is 12.3. The summed E-state index contributed by atoms with van der Waals surface area (Å²) in [7, 11) is 0. The minimum atomic E-state index is -0.369. The van der Waals surface area contributed by atoms with Crippen LogP contribution in [0, 0.1) is 6.57 Å². The topological polar surface area (TPSA) is 4.36 Å². The fourth-order valence-corrected chi connectivity index (χ4v) is 1.74. The van der Waals surface area contributed by atoms with Crippen molar-refractivity contribution in [2.45, 2.75) is 25.6 Å². The van der Waals surface area contributed by atoms with Gasteiger partial charge in [0, 0.05) is 13.8 Å². The van der Waals surface area contributed by atoms with Gasteiger partial charge in [-0.3, -0.25) is 4.85 Å². The van der Waals surface area contributed by atoms with Crippen LogP contribution in [0.5, 0.6) is 0 Å². The van der Waals surface area contributed by atoms with Crippen molar-refractivity contribution >= 4 is 28.2 Å². The maximum Gasteiger partial charge on any atom is 0.277 e. The molecule has 50 valence electrons. The highest BCUT2D eigenvalue weighted by molar-refractivity contribution is 8.23. The summed E-state index contributed by atoms with van der Waals surface area (Å²) in [6, 6.07) is 0. The molecule has 0 fully saturated rings. The molecule has 0 aliphatic heterocycles. The molecular formula is C6H9NS2. The monoisotopic (exact) mass is 159 g/mol. The van der Waals surface area contributed by atoms with Crippen LogP contribution in [0.15, 0.2) is 0 Å². The maximum atomic E-state index is 6.74. The Labute approximate surface area is 65.6 Å². The molecule has 9 heavy (non-hydrogen) atoms. The summed E-state index contributed by atoms with van der Waals surface area (Å²) >= 11 is 6.26. The standard InChI is InChI=1S/C6H9NS2/c1-5(8)9-6(2,3)7-4/h1-3H3. The normalized spacial score (nSPS) is 10.4. The Bertz CT molecular complexity index is 155. The van der Waals surface area contributed by atoms with Gasteiger partial charge in [0.25, 0.3) is 4.87 Å². The van der Waals surface area contributed by atoms with Crippen LogP contribution in [0.4, 0.5) is 0 Å². The van der Waals surface area contributed by atoms with E-state index in [9.17, 15) is 0 Å². The largest absolute Gasteiger partial charge is 0.299 e. The van der Waals surface area contributed by atoms with Gasteiger partial charge in [-0.1, -0.05) is 12.2 Å². The number of rotatable bonds is 1. The van der Waals surface area contributed by atoms with E-state index in [-0.39, 0.29) is 4.87 Å². The minimum Gasteiger partial charge on any atom is -0.299 e. The minimum absolute atomic E-state index is 0.369. The lowest BCUT2D eigenvalue weighted by atomic mass is 10.4. The van der Waals surface area contributed by atoms with Gasteiger partial charge in [-0.25, -0.2) is 6.57 Å². The summed E-state index contributed by atoms with van der Waals surface area (Å²) < 4.78 is 0.830. The van der Waals surface area contributed by atoms with Crippen molar-refractivity contribution < 1.29 is 0 Å². The van der Waals surface area contributed by atoms with Gasteiger partial charge in [0.2, 0.25) is 0 Å². The molecule has 3 heteroatoms. The zero-order chi connectivity index (χ0) is 7.49. The zero-order valence-corrected chi connectivity index (χ0v) is 7.40. The molecule has 0 heterocycles. The average molecular weight is 159 g/mol. The Balaban J connectivity index is 3.91. The molecule has 0 amide bonds. The van der Waals surface area contributed by atoms with E-state index in [0.29, 0.717) is 0 Å². The van der Waals surface area contributed by atoms with Gasteiger partial charge in [0.15, 0.2) is 0 Å². The van der Waals surface area contributed by atoms with E-state index in [1.165, 1.54) is 11.8 Å². The fraction of sp³-hybridized carbons (Fsp3) is 0.667. The highest BCUT2D eigenvalue weighted by Gasteiger charge is 2.23. The maximum absolute atomic E-state index is 6.74. The van der Waals surface area contributed by atoms with Gasteiger partial charge in [0.1, 0.15) is 0 Å². The highest BCUT2D eigenvalue weighted by Crippen LogP contribution is 2.26. The zero-order valence-electron chi connectivity index (χ0n) is 5.76. The molecule has 0 aliphatic carbocycles. The second-order valence-electron chi connectivity index (χ2n) is 2.15. The predicted octanol–water partition coefficient (Wildman–Crippen LogP) is 2.72. The van der Waals surface area contributed by atoms with Crippen molar-refractivity contribution in [2.24, 2.45) is 0 Å². The van der Waals surface area contributed by atoms with E-state index in [1.807, 2.05) is 20.8 Å². The Hall–Kier alpha value is -0.0700. The Morgan fingerprint density at radius 3 is 2.22 bits per heavy atom. The molecule has 0 atom stereocenters. The Morgan fingerprint density at radius 1 is 1.67 bits per heavy atom. The van der Waals surface area contributed by atoms with E-state index in [4.69, 9.17) is 18.8 Å². The fourth-order valence-electron chi connectivity index (χ4n) is 0.375. The van der Waals surface area contributed by atoms with Gasteiger partial charge in [-0.2, -0.15) is 0 Å². The van der Waals surface area contributed by atoms with Crippen molar-refractivity contribution in [1.29, 1.82) is 0 Å². The summed E-state index contributed by atoms with van der Waals surface area (Å²) in [5, 5.41) is 0. The van der Waals surface area contributed by atoms with E-state index in [0.717, 1.165) is 4.20 Å². The van der Waals surface area contributed by atoms with Crippen LogP contribution in [0.3, 0.4) is 0 Å². The summed E-state index contributed by atoms with van der Waals surface area (Å²) in [5.41, 5.74) is 0. The third-order valence-corrected chi connectivity index (χ3v) is 1.79. The molecule has 0 aromatic heterocycles. The van der Waals surface area contributed by atoms with E-state index >= 15 is 0 Å². The van der Waals surface area contributed by atoms with Gasteiger partial charge in [0.05, 0.1) is 4.20 Å². The average Bonchev–Trinajstić information content (AvgIpc) is 1.63. The molecule has 0 radical (unpaired) electrons. The first-order chi connectivity index (χ1) is 3.98. The van der Waals surface area contributed by atoms with Crippen LogP contribution in [-0.4, -0.2) is 9.07 Å². The summed E-state index contributed by atoms with van der Waals surface area (Å²) in [4.78, 5) is 3.02. The molecule has 0 rings (SSSR count). The molecule has 0 spiro atoms. The second kappa shape index (κ2) is 3.19. The molecule has 0 bridgehead atoms. The first-order valence-electron chi connectivity index (χ1n) is 2.56. The van der Waals surface area contributed by atoms with Crippen molar-refractivity contribution in [1.82, 2.24) is 0 Å². The molecule has 1 nitrogen and oxygen atoms in total. The van der Waals surface area contributed by atoms with Crippen molar-refractivity contribution in [3.05, 3.63) is 11.4 Å². The molecule has 0 saturated carbocycles. The number of nitrogens with zero attached hydrogens (tertiary/aromatic N) is 1. The van der Waals surface area contributed by atoms with Crippen LogP contribution in [0.25, 0.3) is 4.85 Å². The van der Waals surface area contributed by atoms with Crippen LogP contribution < -0.4 is 0 Å². The van der Waals surface area contributed by atoms with E-state index in [1.54, 1.807) is 0 Å². The van der Waals surface area contributed by atoms with Crippen LogP contribution in [-0.2, 0) is 0 Å². The lowest BCUT2D eigenvalue weighted by Crippen LogP contribution is -2.08. The highest BCUT2D eigenvalue weighted by atomic mass is 32.2. The SMILES string of the molecule is [C-]#[N+]C(C)(C)SC(C)=S. The Kier molecular flexibility index (Phi) is 3.16. The van der Waals surface area contributed by atoms with Crippen LogP contribution in [0.1, 0.15) is 20.8 Å². The number of thiocarbonyl (C=S) groups is 1. The van der Waals surface area contributed by atoms with Gasteiger partial charge >= 0.3 is 0 Å². The van der Waals surface area contributed by atoms with Gasteiger partial charge in [-0.05, 0) is 18.7 Å². The lowest BCUT2D eigenvalue weighted by Gasteiger charge is -2.07. The first-order valence-corrected chi connectivity index (χ1v) is 3.78. The van der Waals surface area contributed by atoms with Crippen LogP contribution >= 0.6 is 24.0 Å². The molecular weight excluding hydrogens is 150 g/mol. The predicted molar refractivity (Wildman–Crippen MR) is 46.5 cm³/mol. The third-order valence-electron chi connectivity index (χ3n) is 0.663. The van der Waals surface area contributed by atoms with Crippen molar-refractivity contribution in [3.63, 3.8) is 0 Å². The molecule has 0 aromatic rings. The quantitative estimate of drug-likeness (QED) is 0.428. The number of hydrogen-bond acceptors (Lipinski definition) is 2. The van der Waals surface area contributed by atoms with Crippen molar-refractivity contribution in [2.75, 3.05) is 0 Å². The van der Waals surface area contributed by atoms with Gasteiger partial charge < -0.3 is 0 Å². The first kappa shape index (κ1) is 8.93. The van der Waals surface area contributed by atoms with E-state index in [2.05, 4.69) is 4.85 Å². The number of hydrogen-bond donors (Lipinski definition) is 0.